The topological polar surface area (TPSA) is 44.4 Å². The predicted octanol–water partition coefficient (Wildman–Crippen LogP) is 4.37. The van der Waals surface area contributed by atoms with Crippen LogP contribution in [0.1, 0.15) is 0 Å². The lowest BCUT2D eigenvalue weighted by Crippen LogP contribution is -2.52. The predicted molar refractivity (Wildman–Crippen MR) is 86.4 cm³/mol. The van der Waals surface area contributed by atoms with E-state index in [1.807, 2.05) is 0 Å². The van der Waals surface area contributed by atoms with E-state index in [0.717, 1.165) is 0 Å². The number of anilines is 1. The normalized spacial score (nSPS) is 12.8. The van der Waals surface area contributed by atoms with Gasteiger partial charge in [-0.05, 0) is 18.2 Å². The summed E-state index contributed by atoms with van der Waals surface area (Å²) in [7, 11) is 3.15. The number of hydrogen-bond acceptors (Lipinski definition) is 2. The van der Waals surface area contributed by atoms with E-state index in [-0.39, 0.29) is 0 Å². The number of carbonyl (C=O) groups is 1. The monoisotopic (exact) mass is 377 g/mol. The number of benzene rings is 1. The van der Waals surface area contributed by atoms with E-state index in [2.05, 4.69) is 10.6 Å². The number of nitrogens with zero attached hydrogens (tertiary/aromatic N) is 1. The Bertz CT molecular complexity index is 489. The molecule has 4 nitrogen and oxygen atoms in total. The quantitative estimate of drug-likeness (QED) is 0.605. The third-order valence-electron chi connectivity index (χ3n) is 2.23. The SMILES string of the molecule is CN(C)C(=O)N[C@H](Nc1ccc(Cl)c(Cl)c1)C(Cl)(Cl)Cl. The summed E-state index contributed by atoms with van der Waals surface area (Å²) in [6.07, 6.45) is -0.945. The molecule has 0 spiro atoms. The van der Waals surface area contributed by atoms with Gasteiger partial charge in [0.05, 0.1) is 10.0 Å². The van der Waals surface area contributed by atoms with Crippen LogP contribution in [0.15, 0.2) is 18.2 Å². The highest BCUT2D eigenvalue weighted by molar-refractivity contribution is 6.68. The molecule has 0 radical (unpaired) electrons. The summed E-state index contributed by atoms with van der Waals surface area (Å²) in [5, 5.41) is 6.17. The number of halogens is 5. The van der Waals surface area contributed by atoms with Gasteiger partial charge < -0.3 is 15.5 Å². The van der Waals surface area contributed by atoms with Gasteiger partial charge in [-0.2, -0.15) is 0 Å². The third kappa shape index (κ3) is 5.26. The van der Waals surface area contributed by atoms with Crippen LogP contribution in [0.2, 0.25) is 10.0 Å². The number of urea groups is 1. The van der Waals surface area contributed by atoms with Crippen molar-refractivity contribution >= 4 is 69.7 Å². The molecular formula is C11H12Cl5N3O. The van der Waals surface area contributed by atoms with E-state index in [1.165, 1.54) is 4.90 Å². The first-order chi connectivity index (χ1) is 9.11. The Morgan fingerprint density at radius 2 is 1.80 bits per heavy atom. The molecule has 1 aromatic carbocycles. The second-order valence-electron chi connectivity index (χ2n) is 4.09. The lowest BCUT2D eigenvalue weighted by molar-refractivity contribution is 0.214. The molecule has 0 saturated carbocycles. The van der Waals surface area contributed by atoms with E-state index < -0.39 is 16.0 Å². The van der Waals surface area contributed by atoms with Crippen molar-refractivity contribution in [1.82, 2.24) is 10.2 Å². The molecule has 0 aromatic heterocycles. The van der Waals surface area contributed by atoms with Gasteiger partial charge in [0.25, 0.3) is 0 Å². The highest BCUT2D eigenvalue weighted by Gasteiger charge is 2.34. The molecule has 1 atom stereocenters. The molecule has 0 bridgehead atoms. The fraction of sp³-hybridized carbons (Fsp3) is 0.364. The van der Waals surface area contributed by atoms with Crippen LogP contribution >= 0.6 is 58.0 Å². The maximum atomic E-state index is 11.7. The van der Waals surface area contributed by atoms with Gasteiger partial charge in [0.1, 0.15) is 6.17 Å². The second kappa shape index (κ2) is 7.14. The Labute approximate surface area is 142 Å². The minimum absolute atomic E-state index is 0.346. The summed E-state index contributed by atoms with van der Waals surface area (Å²) in [4.78, 5) is 13.0. The Morgan fingerprint density at radius 3 is 2.25 bits per heavy atom. The van der Waals surface area contributed by atoms with Crippen LogP contribution in [-0.4, -0.2) is 35.0 Å². The van der Waals surface area contributed by atoms with Crippen molar-refractivity contribution in [1.29, 1.82) is 0 Å². The van der Waals surface area contributed by atoms with Gasteiger partial charge in [0, 0.05) is 19.8 Å². The number of hydrogen-bond donors (Lipinski definition) is 2. The fourth-order valence-electron chi connectivity index (χ4n) is 1.20. The smallest absolute Gasteiger partial charge is 0.318 e. The molecule has 2 N–H and O–H groups in total. The van der Waals surface area contributed by atoms with Gasteiger partial charge in [-0.25, -0.2) is 4.79 Å². The van der Waals surface area contributed by atoms with E-state index in [9.17, 15) is 4.79 Å². The summed E-state index contributed by atoms with van der Waals surface area (Å²) in [6, 6.07) is 4.40. The first kappa shape index (κ1) is 17.8. The average molecular weight is 380 g/mol. The van der Waals surface area contributed by atoms with E-state index in [1.54, 1.807) is 32.3 Å². The van der Waals surface area contributed by atoms with Crippen LogP contribution < -0.4 is 10.6 Å². The molecule has 1 rings (SSSR count). The van der Waals surface area contributed by atoms with Crippen molar-refractivity contribution in [3.8, 4) is 0 Å². The van der Waals surface area contributed by atoms with Crippen molar-refractivity contribution < 1.29 is 4.79 Å². The van der Waals surface area contributed by atoms with Crippen molar-refractivity contribution in [2.24, 2.45) is 0 Å². The van der Waals surface area contributed by atoms with Crippen LogP contribution in [0.25, 0.3) is 0 Å². The Morgan fingerprint density at radius 1 is 1.20 bits per heavy atom. The fourth-order valence-corrected chi connectivity index (χ4v) is 1.83. The van der Waals surface area contributed by atoms with E-state index in [0.29, 0.717) is 15.7 Å². The number of amides is 2. The van der Waals surface area contributed by atoms with E-state index in [4.69, 9.17) is 58.0 Å². The standard InChI is InChI=1S/C11H12Cl5N3O/c1-19(2)10(20)18-9(11(14,15)16)17-6-3-4-7(12)8(13)5-6/h3-5,9,17H,1-2H3,(H,18,20)/t9-/m0/s1. The van der Waals surface area contributed by atoms with Crippen molar-refractivity contribution in [3.05, 3.63) is 28.2 Å². The van der Waals surface area contributed by atoms with Crippen LogP contribution in [0.4, 0.5) is 10.5 Å². The summed E-state index contributed by atoms with van der Waals surface area (Å²) < 4.78 is -1.75. The van der Waals surface area contributed by atoms with E-state index >= 15 is 0 Å². The second-order valence-corrected chi connectivity index (χ2v) is 7.28. The zero-order valence-electron chi connectivity index (χ0n) is 10.6. The summed E-state index contributed by atoms with van der Waals surface area (Å²) in [5.41, 5.74) is 0.551. The molecule has 20 heavy (non-hydrogen) atoms. The Hall–Kier alpha value is -0.260. The Balaban J connectivity index is 2.90. The molecule has 0 aliphatic heterocycles. The summed E-state index contributed by atoms with van der Waals surface area (Å²) in [5.74, 6) is 0. The zero-order chi connectivity index (χ0) is 15.5. The van der Waals surface area contributed by atoms with Gasteiger partial charge in [0.15, 0.2) is 0 Å². The zero-order valence-corrected chi connectivity index (χ0v) is 14.3. The van der Waals surface area contributed by atoms with Crippen LogP contribution in [0.5, 0.6) is 0 Å². The number of rotatable bonds is 3. The van der Waals surface area contributed by atoms with Crippen molar-refractivity contribution in [2.75, 3.05) is 19.4 Å². The van der Waals surface area contributed by atoms with Crippen molar-refractivity contribution in [3.63, 3.8) is 0 Å². The van der Waals surface area contributed by atoms with Gasteiger partial charge in [0.2, 0.25) is 3.79 Å². The van der Waals surface area contributed by atoms with Crippen molar-refractivity contribution in [2.45, 2.75) is 9.96 Å². The molecule has 0 heterocycles. The molecule has 2 amide bonds. The van der Waals surface area contributed by atoms with Crippen LogP contribution in [0.3, 0.4) is 0 Å². The number of carbonyl (C=O) groups excluding carboxylic acids is 1. The molecule has 0 fully saturated rings. The number of alkyl halides is 3. The summed E-state index contributed by atoms with van der Waals surface area (Å²) >= 11 is 29.3. The first-order valence-corrected chi connectivity index (χ1v) is 7.26. The third-order valence-corrected chi connectivity index (χ3v) is 3.63. The van der Waals surface area contributed by atoms with Gasteiger partial charge in [-0.1, -0.05) is 58.0 Å². The maximum Gasteiger partial charge on any atom is 0.318 e. The molecule has 0 saturated heterocycles. The van der Waals surface area contributed by atoms with Crippen LogP contribution in [-0.2, 0) is 0 Å². The molecule has 112 valence electrons. The lowest BCUT2D eigenvalue weighted by Gasteiger charge is -2.28. The largest absolute Gasteiger partial charge is 0.362 e. The molecule has 0 unspecified atom stereocenters. The summed E-state index contributed by atoms with van der Waals surface area (Å²) in [6.45, 7) is 0. The average Bonchev–Trinajstić information content (AvgIpc) is 2.31. The van der Waals surface area contributed by atoms with Gasteiger partial charge >= 0.3 is 6.03 Å². The highest BCUT2D eigenvalue weighted by Crippen LogP contribution is 2.32. The minimum atomic E-state index is -1.75. The minimum Gasteiger partial charge on any atom is -0.362 e. The van der Waals surface area contributed by atoms with Crippen LogP contribution in [0, 0.1) is 0 Å². The molecular weight excluding hydrogens is 367 g/mol. The van der Waals surface area contributed by atoms with Gasteiger partial charge in [-0.15, -0.1) is 0 Å². The van der Waals surface area contributed by atoms with Gasteiger partial charge in [-0.3, -0.25) is 0 Å². The molecule has 1 aromatic rings. The molecule has 9 heteroatoms. The Kier molecular flexibility index (Phi) is 6.35. The molecule has 0 aliphatic rings. The first-order valence-electron chi connectivity index (χ1n) is 5.37. The highest BCUT2D eigenvalue weighted by atomic mass is 35.6. The number of nitrogens with one attached hydrogen (secondary N) is 2. The molecule has 0 aliphatic carbocycles. The lowest BCUT2D eigenvalue weighted by atomic mass is 10.3. The maximum absolute atomic E-state index is 11.7.